The third-order valence-electron chi connectivity index (χ3n) is 4.39. The fourth-order valence-corrected chi connectivity index (χ4v) is 2.85. The predicted octanol–water partition coefficient (Wildman–Crippen LogP) is 5.49. The second-order valence-corrected chi connectivity index (χ2v) is 6.69. The van der Waals surface area contributed by atoms with Gasteiger partial charge in [-0.1, -0.05) is 24.2 Å². The van der Waals surface area contributed by atoms with Gasteiger partial charge in [0.1, 0.15) is 11.5 Å². The van der Waals surface area contributed by atoms with E-state index in [1.165, 1.54) is 0 Å². The molecule has 0 aliphatic heterocycles. The van der Waals surface area contributed by atoms with Crippen molar-refractivity contribution in [2.24, 2.45) is 10.3 Å². The van der Waals surface area contributed by atoms with E-state index in [0.717, 1.165) is 35.5 Å². The molecule has 0 aliphatic rings. The van der Waals surface area contributed by atoms with Crippen LogP contribution < -0.4 is 9.47 Å². The molecule has 0 radical (unpaired) electrons. The summed E-state index contributed by atoms with van der Waals surface area (Å²) in [7, 11) is 0. The molecule has 0 aromatic heterocycles. The lowest BCUT2D eigenvalue weighted by Gasteiger charge is -2.09. The molecule has 2 N–H and O–H groups in total. The highest BCUT2D eigenvalue weighted by Crippen LogP contribution is 2.18. The number of benzene rings is 2. The zero-order valence-electron chi connectivity index (χ0n) is 17.2. The Hall–Kier alpha value is -3.02. The molecule has 29 heavy (non-hydrogen) atoms. The molecule has 156 valence electrons. The molecule has 6 heteroatoms. The Labute approximate surface area is 172 Å². The maximum absolute atomic E-state index is 9.39. The first-order chi connectivity index (χ1) is 14.2. The Kier molecular flexibility index (Phi) is 9.55. The molecule has 2 aromatic carbocycles. The lowest BCUT2D eigenvalue weighted by atomic mass is 10.0. The van der Waals surface area contributed by atoms with Gasteiger partial charge in [0.2, 0.25) is 0 Å². The van der Waals surface area contributed by atoms with Crippen molar-refractivity contribution in [1.82, 2.24) is 0 Å². The van der Waals surface area contributed by atoms with E-state index >= 15 is 0 Å². The smallest absolute Gasteiger partial charge is 0.119 e. The van der Waals surface area contributed by atoms with Gasteiger partial charge >= 0.3 is 0 Å². The SMILES string of the molecule is CCCOc1ccc(/C(CCC/C(=N\O)c2ccc(OCCC)cc2)=N\O)cc1. The van der Waals surface area contributed by atoms with Gasteiger partial charge in [-0.2, -0.15) is 0 Å². The molecule has 0 saturated carbocycles. The van der Waals surface area contributed by atoms with Crippen molar-refractivity contribution >= 4 is 11.4 Å². The molecule has 0 unspecified atom stereocenters. The predicted molar refractivity (Wildman–Crippen MR) is 115 cm³/mol. The first kappa shape index (κ1) is 22.3. The number of hydrogen-bond donors (Lipinski definition) is 2. The highest BCUT2D eigenvalue weighted by Gasteiger charge is 2.09. The molecule has 0 fully saturated rings. The Morgan fingerprint density at radius 3 is 1.38 bits per heavy atom. The average Bonchev–Trinajstić information content (AvgIpc) is 2.77. The first-order valence-electron chi connectivity index (χ1n) is 10.1. The molecular weight excluding hydrogens is 368 g/mol. The number of rotatable bonds is 12. The average molecular weight is 399 g/mol. The van der Waals surface area contributed by atoms with Crippen molar-refractivity contribution in [3.63, 3.8) is 0 Å². The normalized spacial score (nSPS) is 12.1. The lowest BCUT2D eigenvalue weighted by molar-refractivity contribution is 0.315. The Balaban J connectivity index is 1.90. The van der Waals surface area contributed by atoms with Crippen LogP contribution in [0.1, 0.15) is 57.1 Å². The van der Waals surface area contributed by atoms with E-state index < -0.39 is 0 Å². The Morgan fingerprint density at radius 2 is 1.07 bits per heavy atom. The van der Waals surface area contributed by atoms with Gasteiger partial charge in [0, 0.05) is 0 Å². The van der Waals surface area contributed by atoms with Crippen molar-refractivity contribution in [2.45, 2.75) is 46.0 Å². The van der Waals surface area contributed by atoms with Crippen LogP contribution in [-0.2, 0) is 0 Å². The summed E-state index contributed by atoms with van der Waals surface area (Å²) in [6, 6.07) is 15.0. The van der Waals surface area contributed by atoms with Gasteiger partial charge in [0.15, 0.2) is 0 Å². The number of hydrogen-bond acceptors (Lipinski definition) is 6. The topological polar surface area (TPSA) is 83.6 Å². The molecule has 0 bridgehead atoms. The maximum Gasteiger partial charge on any atom is 0.119 e. The molecule has 0 heterocycles. The van der Waals surface area contributed by atoms with Crippen LogP contribution in [0.25, 0.3) is 0 Å². The minimum Gasteiger partial charge on any atom is -0.494 e. The van der Waals surface area contributed by atoms with Crippen LogP contribution in [-0.4, -0.2) is 35.1 Å². The van der Waals surface area contributed by atoms with Gasteiger partial charge in [-0.15, -0.1) is 0 Å². The van der Waals surface area contributed by atoms with Crippen molar-refractivity contribution in [2.75, 3.05) is 13.2 Å². The quantitative estimate of drug-likeness (QED) is 0.281. The van der Waals surface area contributed by atoms with Crippen LogP contribution in [0.15, 0.2) is 58.8 Å². The van der Waals surface area contributed by atoms with Crippen molar-refractivity contribution in [3.8, 4) is 11.5 Å². The molecule has 2 rings (SSSR count). The van der Waals surface area contributed by atoms with Crippen LogP contribution in [0.2, 0.25) is 0 Å². The minimum absolute atomic E-state index is 0.558. The molecule has 0 atom stereocenters. The van der Waals surface area contributed by atoms with E-state index in [0.29, 0.717) is 43.9 Å². The summed E-state index contributed by atoms with van der Waals surface area (Å²) in [4.78, 5) is 0. The minimum atomic E-state index is 0.558. The van der Waals surface area contributed by atoms with E-state index in [1.807, 2.05) is 48.5 Å². The van der Waals surface area contributed by atoms with Crippen LogP contribution in [0.3, 0.4) is 0 Å². The van der Waals surface area contributed by atoms with Crippen molar-refractivity contribution in [3.05, 3.63) is 59.7 Å². The third kappa shape index (κ3) is 7.14. The largest absolute Gasteiger partial charge is 0.494 e. The summed E-state index contributed by atoms with van der Waals surface area (Å²) in [5, 5.41) is 25.7. The standard InChI is InChI=1S/C23H30N2O4/c1-3-16-28-20-12-8-18(9-13-20)22(24-26)6-5-7-23(25-27)19-10-14-21(15-11-19)29-17-4-2/h8-15,26-27H,3-7,16-17H2,1-2H3/b24-22-,25-23+. The molecule has 0 spiro atoms. The second kappa shape index (κ2) is 12.4. The number of oxime groups is 2. The maximum atomic E-state index is 9.39. The van der Waals surface area contributed by atoms with Gasteiger partial charge in [-0.25, -0.2) is 0 Å². The van der Waals surface area contributed by atoms with Gasteiger partial charge in [-0.3, -0.25) is 0 Å². The molecular formula is C23H30N2O4. The van der Waals surface area contributed by atoms with Crippen LogP contribution in [0.4, 0.5) is 0 Å². The van der Waals surface area contributed by atoms with Gasteiger partial charge in [-0.05, 0) is 91.8 Å². The molecule has 0 aliphatic carbocycles. The Morgan fingerprint density at radius 1 is 0.690 bits per heavy atom. The number of ether oxygens (including phenoxy) is 2. The van der Waals surface area contributed by atoms with E-state index in [-0.39, 0.29) is 0 Å². The molecule has 0 amide bonds. The van der Waals surface area contributed by atoms with Gasteiger partial charge in [0.05, 0.1) is 24.6 Å². The zero-order chi connectivity index (χ0) is 20.9. The Bertz CT molecular complexity index is 716. The summed E-state index contributed by atoms with van der Waals surface area (Å²) < 4.78 is 11.1. The third-order valence-corrected chi connectivity index (χ3v) is 4.39. The van der Waals surface area contributed by atoms with Crippen molar-refractivity contribution in [1.29, 1.82) is 0 Å². The summed E-state index contributed by atoms with van der Waals surface area (Å²) >= 11 is 0. The lowest BCUT2D eigenvalue weighted by Crippen LogP contribution is -2.06. The van der Waals surface area contributed by atoms with Crippen LogP contribution >= 0.6 is 0 Å². The zero-order valence-corrected chi connectivity index (χ0v) is 17.2. The van der Waals surface area contributed by atoms with E-state index in [1.54, 1.807) is 0 Å². The number of nitrogens with zero attached hydrogens (tertiary/aromatic N) is 2. The summed E-state index contributed by atoms with van der Waals surface area (Å²) in [5.41, 5.74) is 2.87. The second-order valence-electron chi connectivity index (χ2n) is 6.69. The van der Waals surface area contributed by atoms with Crippen LogP contribution in [0, 0.1) is 0 Å². The fourth-order valence-electron chi connectivity index (χ4n) is 2.85. The summed E-state index contributed by atoms with van der Waals surface area (Å²) in [6.45, 7) is 5.47. The van der Waals surface area contributed by atoms with E-state index in [4.69, 9.17) is 9.47 Å². The molecule has 0 saturated heterocycles. The van der Waals surface area contributed by atoms with Gasteiger partial charge in [0.25, 0.3) is 0 Å². The van der Waals surface area contributed by atoms with E-state index in [9.17, 15) is 10.4 Å². The molecule has 6 nitrogen and oxygen atoms in total. The van der Waals surface area contributed by atoms with Crippen LogP contribution in [0.5, 0.6) is 11.5 Å². The first-order valence-corrected chi connectivity index (χ1v) is 10.1. The highest BCUT2D eigenvalue weighted by molar-refractivity contribution is 6.02. The summed E-state index contributed by atoms with van der Waals surface area (Å²) in [5.74, 6) is 1.60. The monoisotopic (exact) mass is 398 g/mol. The van der Waals surface area contributed by atoms with E-state index in [2.05, 4.69) is 24.2 Å². The summed E-state index contributed by atoms with van der Waals surface area (Å²) in [6.07, 6.45) is 3.70. The van der Waals surface area contributed by atoms with Crippen molar-refractivity contribution < 1.29 is 19.9 Å². The highest BCUT2D eigenvalue weighted by atomic mass is 16.5. The fraction of sp³-hybridized carbons (Fsp3) is 0.391. The van der Waals surface area contributed by atoms with Gasteiger partial charge < -0.3 is 19.9 Å². The molecule has 2 aromatic rings.